The average Bonchev–Trinajstić information content (AvgIpc) is 3.19. The smallest absolute Gasteiger partial charge is 0.222 e. The molecule has 134 valence electrons. The molecule has 27 heavy (non-hydrogen) atoms. The van der Waals surface area contributed by atoms with E-state index in [4.69, 9.17) is 9.15 Å². The molecule has 0 fully saturated rings. The van der Waals surface area contributed by atoms with E-state index in [0.29, 0.717) is 27.5 Å². The third kappa shape index (κ3) is 3.54. The first kappa shape index (κ1) is 17.2. The van der Waals surface area contributed by atoms with Crippen LogP contribution in [0, 0.1) is 11.8 Å². The number of hydrogen-bond acceptors (Lipinski definition) is 5. The third-order valence-electron chi connectivity index (χ3n) is 3.87. The molecule has 0 unspecified atom stereocenters. The monoisotopic (exact) mass is 382 g/mol. The van der Waals surface area contributed by atoms with E-state index in [-0.39, 0.29) is 11.3 Å². The van der Waals surface area contributed by atoms with Gasteiger partial charge in [0.15, 0.2) is 17.3 Å². The molecule has 0 bridgehead atoms. The summed E-state index contributed by atoms with van der Waals surface area (Å²) in [5, 5.41) is 0. The average molecular weight is 382 g/mol. The third-order valence-corrected chi connectivity index (χ3v) is 4.15. The summed E-state index contributed by atoms with van der Waals surface area (Å²) >= 11 is 4.10. The molecule has 0 saturated carbocycles. The van der Waals surface area contributed by atoms with Crippen molar-refractivity contribution in [3.05, 3.63) is 79.1 Å². The Hall–Kier alpha value is -3.19. The van der Waals surface area contributed by atoms with E-state index in [1.54, 1.807) is 30.3 Å². The van der Waals surface area contributed by atoms with Crippen LogP contribution < -0.4 is 4.74 Å². The molecule has 0 atom stereocenters. The molecule has 0 aliphatic rings. The van der Waals surface area contributed by atoms with Crippen LogP contribution >= 0.6 is 12.6 Å². The molecule has 7 heteroatoms. The topological polar surface area (TPSA) is 48.2 Å². The molecule has 1 aromatic carbocycles. The predicted molar refractivity (Wildman–Crippen MR) is 98.9 cm³/mol. The fourth-order valence-electron chi connectivity index (χ4n) is 2.58. The lowest BCUT2D eigenvalue weighted by atomic mass is 10.1. The maximum atomic E-state index is 14.1. The van der Waals surface area contributed by atoms with Crippen molar-refractivity contribution in [2.75, 3.05) is 0 Å². The van der Waals surface area contributed by atoms with Crippen LogP contribution in [0.25, 0.3) is 22.4 Å². The number of ether oxygens (including phenoxy) is 1. The van der Waals surface area contributed by atoms with Crippen LogP contribution in [-0.2, 0) is 0 Å². The Kier molecular flexibility index (Phi) is 4.60. The Morgan fingerprint density at radius 1 is 0.963 bits per heavy atom. The number of halogens is 2. The minimum atomic E-state index is -0.632. The van der Waals surface area contributed by atoms with Gasteiger partial charge in [0, 0.05) is 22.2 Å². The zero-order valence-electron chi connectivity index (χ0n) is 13.8. The minimum absolute atomic E-state index is 0.0275. The van der Waals surface area contributed by atoms with Gasteiger partial charge in [-0.2, -0.15) is 4.39 Å². The highest BCUT2D eigenvalue weighted by Crippen LogP contribution is 2.37. The van der Waals surface area contributed by atoms with Crippen LogP contribution in [0.5, 0.6) is 11.5 Å². The Labute approximate surface area is 158 Å². The van der Waals surface area contributed by atoms with Crippen molar-refractivity contribution < 1.29 is 17.9 Å². The van der Waals surface area contributed by atoms with E-state index in [9.17, 15) is 8.78 Å². The molecule has 3 heterocycles. The van der Waals surface area contributed by atoms with Crippen LogP contribution in [0.15, 0.2) is 76.7 Å². The van der Waals surface area contributed by atoms with Crippen molar-refractivity contribution in [3.8, 4) is 33.9 Å². The second-order valence-electron chi connectivity index (χ2n) is 5.64. The summed E-state index contributed by atoms with van der Waals surface area (Å²) in [4.78, 5) is 8.38. The number of furan rings is 1. The molecular formula is C20H12F2N2O2S. The van der Waals surface area contributed by atoms with Gasteiger partial charge in [-0.15, -0.1) is 12.6 Å². The lowest BCUT2D eigenvalue weighted by Crippen LogP contribution is -1.95. The lowest BCUT2D eigenvalue weighted by molar-refractivity contribution is 0.441. The maximum Gasteiger partial charge on any atom is 0.222 e. The number of aromatic nitrogens is 2. The zero-order valence-corrected chi connectivity index (χ0v) is 14.7. The first-order chi connectivity index (χ1) is 13.1. The molecule has 4 aromatic rings. The van der Waals surface area contributed by atoms with E-state index in [2.05, 4.69) is 22.6 Å². The van der Waals surface area contributed by atoms with Gasteiger partial charge in [-0.25, -0.2) is 9.37 Å². The molecule has 0 N–H and O–H groups in total. The summed E-state index contributed by atoms with van der Waals surface area (Å²) in [6, 6.07) is 10.9. The largest absolute Gasteiger partial charge is 0.472 e. The fraction of sp³-hybridized carbons (Fsp3) is 0. The van der Waals surface area contributed by atoms with Crippen molar-refractivity contribution in [2.24, 2.45) is 0 Å². The zero-order chi connectivity index (χ0) is 18.8. The quantitative estimate of drug-likeness (QED) is 0.360. The second kappa shape index (κ2) is 7.20. The van der Waals surface area contributed by atoms with E-state index < -0.39 is 11.8 Å². The van der Waals surface area contributed by atoms with Gasteiger partial charge in [0.05, 0.1) is 30.0 Å². The van der Waals surface area contributed by atoms with Gasteiger partial charge in [-0.1, -0.05) is 0 Å². The van der Waals surface area contributed by atoms with Crippen LogP contribution in [0.1, 0.15) is 0 Å². The highest BCUT2D eigenvalue weighted by atomic mass is 32.1. The molecule has 0 aliphatic carbocycles. The lowest BCUT2D eigenvalue weighted by Gasteiger charge is -2.12. The molecule has 0 radical (unpaired) electrons. The highest BCUT2D eigenvalue weighted by molar-refractivity contribution is 7.80. The summed E-state index contributed by atoms with van der Waals surface area (Å²) in [5.41, 5.74) is 1.88. The molecule has 0 aliphatic heterocycles. The number of benzene rings is 1. The maximum absolute atomic E-state index is 14.1. The molecule has 4 nitrogen and oxygen atoms in total. The summed E-state index contributed by atoms with van der Waals surface area (Å²) in [6.45, 7) is 0. The van der Waals surface area contributed by atoms with Gasteiger partial charge in [-0.3, -0.25) is 4.98 Å². The second-order valence-corrected chi connectivity index (χ2v) is 6.15. The Morgan fingerprint density at radius 3 is 2.59 bits per heavy atom. The van der Waals surface area contributed by atoms with Crippen molar-refractivity contribution in [3.63, 3.8) is 0 Å². The standard InChI is InChI=1S/C20H12F2N2O2S/c21-16-8-13(27)3-4-18(16)26-19-10-24-17(14-2-1-6-23-20(14)22)9-15(19)12-5-7-25-11-12/h1-11,27H. The fourth-order valence-corrected chi connectivity index (χ4v) is 2.77. The first-order valence-corrected chi connectivity index (χ1v) is 8.36. The van der Waals surface area contributed by atoms with Crippen LogP contribution in [0.2, 0.25) is 0 Å². The minimum Gasteiger partial charge on any atom is -0.472 e. The number of rotatable bonds is 4. The molecule has 0 amide bonds. The summed E-state index contributed by atoms with van der Waals surface area (Å²) in [7, 11) is 0. The van der Waals surface area contributed by atoms with E-state index in [0.717, 1.165) is 0 Å². The number of thiol groups is 1. The molecular weight excluding hydrogens is 370 g/mol. The van der Waals surface area contributed by atoms with Gasteiger partial charge < -0.3 is 9.15 Å². The molecule has 0 spiro atoms. The Balaban J connectivity index is 1.81. The van der Waals surface area contributed by atoms with Crippen molar-refractivity contribution >= 4 is 12.6 Å². The van der Waals surface area contributed by atoms with E-state index in [1.807, 2.05) is 0 Å². The van der Waals surface area contributed by atoms with Crippen LogP contribution in [-0.4, -0.2) is 9.97 Å². The van der Waals surface area contributed by atoms with Crippen molar-refractivity contribution in [1.82, 2.24) is 9.97 Å². The first-order valence-electron chi connectivity index (χ1n) is 7.91. The SMILES string of the molecule is Fc1cc(S)ccc1Oc1cnc(-c2cccnc2F)cc1-c1ccoc1. The van der Waals surface area contributed by atoms with Gasteiger partial charge >= 0.3 is 0 Å². The molecule has 3 aromatic heterocycles. The van der Waals surface area contributed by atoms with Gasteiger partial charge in [0.25, 0.3) is 0 Å². The van der Waals surface area contributed by atoms with Crippen LogP contribution in [0.4, 0.5) is 8.78 Å². The van der Waals surface area contributed by atoms with Crippen molar-refractivity contribution in [2.45, 2.75) is 4.90 Å². The number of pyridine rings is 2. The summed E-state index contributed by atoms with van der Waals surface area (Å²) in [5.74, 6) is -0.856. The predicted octanol–water partition coefficient (Wildman–Crippen LogP) is 5.76. The van der Waals surface area contributed by atoms with E-state index >= 15 is 0 Å². The van der Waals surface area contributed by atoms with Crippen molar-refractivity contribution in [1.29, 1.82) is 0 Å². The number of hydrogen-bond donors (Lipinski definition) is 1. The normalized spacial score (nSPS) is 10.8. The Bertz CT molecular complexity index is 1100. The van der Waals surface area contributed by atoms with Gasteiger partial charge in [0.2, 0.25) is 5.95 Å². The molecule has 4 rings (SSSR count). The summed E-state index contributed by atoms with van der Waals surface area (Å²) in [6.07, 6.45) is 5.79. The highest BCUT2D eigenvalue weighted by Gasteiger charge is 2.16. The van der Waals surface area contributed by atoms with Gasteiger partial charge in [0.1, 0.15) is 0 Å². The van der Waals surface area contributed by atoms with Gasteiger partial charge in [-0.05, 0) is 42.5 Å². The Morgan fingerprint density at radius 2 is 1.85 bits per heavy atom. The molecule has 0 saturated heterocycles. The number of nitrogens with zero attached hydrogens (tertiary/aromatic N) is 2. The van der Waals surface area contributed by atoms with E-state index in [1.165, 1.54) is 37.1 Å². The van der Waals surface area contributed by atoms with Crippen LogP contribution in [0.3, 0.4) is 0 Å². The summed E-state index contributed by atoms with van der Waals surface area (Å²) < 4.78 is 39.0.